The number of anilines is 5. The summed E-state index contributed by atoms with van der Waals surface area (Å²) in [6.07, 6.45) is 2.13. The number of carbonyl (C=O) groups excluding carboxylic acids is 4. The molecule has 0 radical (unpaired) electrons. The molecule has 21 N–H and O–H groups in total. The van der Waals surface area contributed by atoms with Crippen LogP contribution in [0.25, 0.3) is 55.8 Å². The Hall–Kier alpha value is -11.2. The van der Waals surface area contributed by atoms with E-state index in [9.17, 15) is 70.2 Å². The number of aliphatic hydroxyl groups is 10. The standard InChI is InChI=1S/C21H23ClN6O3.C21H23IN6O3.C15H19N5O4.C14H17N5O3.C12H15N5O2/c2*1-10-4-3-5-11(6-10)8-24-17-13-18(27-20(22)26-17)28(9-25-13)14-12-7-21(12,19(31)23-2)16(30)15(14)29;1-3-24-14(23)15-4-7(15)9(10(21)11(15)22)20-5-17-8-12(16)18-6(2)19-13(8)20;1-16-13(22)14-4-6(14)9(10(20)11(14)21)19-5-18-8-7(15)2-3-17-12(8)19;1-4-15-11(13)7-12(16-4)17(3-14-7)8-5-2-6(5)9(18)10(8)19/h2*3-6,9,12,14-16,29-30H,7-8H2,1-2H3,(H,23,31)(H,24,26,27);5,7,9-11,21-22H,3-4H2,1-2H3,(H2,16,18,19);2-3,5-6,9-11,20-21H,4H2,1H3,(H2,15,17)(H,16,22);3,5-6,8-10,18-19H,2H2,1H3,(H2,13,15,16)/t12-,14-,15+,16+,21+;12-,14-,15-,16?,21+;7-,9-,10+,11+,15+;6-,9-,10-,11?,14+;5-,6+,8+,9?,10+/m11110/s1. The van der Waals surface area contributed by atoms with Crippen LogP contribution in [0.5, 0.6) is 0 Å². The van der Waals surface area contributed by atoms with Crippen molar-refractivity contribution in [1.29, 1.82) is 0 Å². The van der Waals surface area contributed by atoms with Crippen LogP contribution in [-0.4, -0.2) is 256 Å². The van der Waals surface area contributed by atoms with Gasteiger partial charge in [-0.1, -0.05) is 59.7 Å². The summed E-state index contributed by atoms with van der Waals surface area (Å²) in [5.41, 5.74) is 24.1. The molecule has 2 aromatic carbocycles. The fraction of sp³-hybridized carbons (Fsp3) is 0.494. The van der Waals surface area contributed by atoms with E-state index < -0.39 is 113 Å². The molecule has 10 fully saturated rings. The van der Waals surface area contributed by atoms with E-state index in [0.29, 0.717) is 139 Å². The van der Waals surface area contributed by atoms with E-state index in [4.69, 9.17) is 33.5 Å². The van der Waals surface area contributed by atoms with Gasteiger partial charge in [0, 0.05) is 86.7 Å². The number of aromatic nitrogens is 19. The number of aryl methyl sites for hydroxylation is 4. The molecule has 10 aromatic heterocycles. The molecule has 44 heteroatoms. The monoisotopic (exact) mass is 1870 g/mol. The maximum atomic E-state index is 12.4. The van der Waals surface area contributed by atoms with Crippen molar-refractivity contribution in [2.75, 3.05) is 55.6 Å². The Morgan fingerprint density at radius 1 is 0.457 bits per heavy atom. The van der Waals surface area contributed by atoms with Crippen LogP contribution in [-0.2, 0) is 37.0 Å². The van der Waals surface area contributed by atoms with Gasteiger partial charge in [0.1, 0.15) is 64.1 Å². The minimum atomic E-state index is -1.18. The first-order valence-corrected chi connectivity index (χ1v) is 43.2. The molecule has 10 aliphatic carbocycles. The van der Waals surface area contributed by atoms with Crippen LogP contribution >= 0.6 is 34.2 Å². The van der Waals surface area contributed by atoms with Gasteiger partial charge in [0.25, 0.3) is 0 Å². The highest BCUT2D eigenvalue weighted by Crippen LogP contribution is 2.71. The van der Waals surface area contributed by atoms with Gasteiger partial charge in [0.15, 0.2) is 66.4 Å². The summed E-state index contributed by atoms with van der Waals surface area (Å²) in [6, 6.07) is 15.9. The number of ether oxygens (including phenoxy) is 1. The Kier molecular flexibility index (Phi) is 21.9. The number of halogens is 2. The number of nitrogens with two attached hydrogens (primary N) is 3. The number of amides is 3. The van der Waals surface area contributed by atoms with Gasteiger partial charge in [0.2, 0.25) is 23.0 Å². The lowest BCUT2D eigenvalue weighted by Gasteiger charge is -2.23. The number of hydrogen-bond donors (Lipinski definition) is 18. The van der Waals surface area contributed by atoms with Crippen LogP contribution in [0.15, 0.2) is 92.4 Å². The second-order valence-electron chi connectivity index (χ2n) is 34.8. The van der Waals surface area contributed by atoms with E-state index in [1.54, 1.807) is 83.7 Å². The second kappa shape index (κ2) is 32.2. The van der Waals surface area contributed by atoms with Gasteiger partial charge < -0.3 is 122 Å². The number of benzene rings is 2. The minimum absolute atomic E-state index is 0.0439. The maximum Gasteiger partial charge on any atom is 0.315 e. The SMILES string of the molecule is CCOC(=O)[C@@]12C[C@@H]1[C@@H](n1cnc3c(N)nc(C)nc31)[C@H](O)[C@@H]2O.CNC(=O)[C@@]12C[C@@H]1[C@@H](n1cnc3c(N)ccnc31)[C@@H](O)C2O.CNC(=O)[C@@]12C[C@@H]1[C@@H](n1cnc3c(NCc4cccc(C)c4)nc(Cl)nc31)[C@H](O)[C@@H]2O.CNC(=O)[C@@]12C[C@@H]1[C@@H](n1cnc3c(NCc4cccc(C)c4)nc(I)nc31)[C@@H](O)C2O.Cc1nc(N)c2ncn([C@@H]3[C@H]4C[C@H]4C(O)[C@@H]3O)c2n1. The second-order valence-corrected chi connectivity index (χ2v) is 36.1. The molecule has 10 aliphatic rings. The zero-order valence-corrected chi connectivity index (χ0v) is 72.9. The molecule has 3 amide bonds. The number of imidazole rings is 5. The molecule has 0 saturated heterocycles. The first-order chi connectivity index (χ1) is 60.7. The van der Waals surface area contributed by atoms with E-state index in [2.05, 4.69) is 144 Å². The van der Waals surface area contributed by atoms with Crippen molar-refractivity contribution in [3.8, 4) is 0 Å². The highest BCUT2D eigenvalue weighted by atomic mass is 127. The molecule has 25 atom stereocenters. The molecule has 42 nitrogen and oxygen atoms in total. The Balaban J connectivity index is 0.000000109. The Labute approximate surface area is 741 Å². The summed E-state index contributed by atoms with van der Waals surface area (Å²) in [7, 11) is 4.62. The number of pyridine rings is 1. The van der Waals surface area contributed by atoms with Gasteiger partial charge in [0.05, 0.1) is 121 Å². The molecule has 0 spiro atoms. The van der Waals surface area contributed by atoms with Gasteiger partial charge in [-0.25, -0.2) is 59.8 Å². The lowest BCUT2D eigenvalue weighted by molar-refractivity contribution is -0.156. The van der Waals surface area contributed by atoms with E-state index in [1.165, 1.54) is 26.0 Å². The topological polar surface area (TPSA) is 623 Å². The van der Waals surface area contributed by atoms with Gasteiger partial charge in [-0.15, -0.1) is 0 Å². The largest absolute Gasteiger partial charge is 0.465 e. The number of hydrogen-bond acceptors (Lipinski definition) is 34. The Morgan fingerprint density at radius 3 is 1.27 bits per heavy atom. The van der Waals surface area contributed by atoms with Crippen molar-refractivity contribution >= 4 is 143 Å². The number of nitrogen functional groups attached to an aromatic ring is 3. The third-order valence-electron chi connectivity index (χ3n) is 27.9. The number of rotatable bonds is 16. The summed E-state index contributed by atoms with van der Waals surface area (Å²) >= 11 is 8.25. The molecule has 22 rings (SSSR count). The summed E-state index contributed by atoms with van der Waals surface area (Å²) < 4.78 is 14.4. The molecule has 668 valence electrons. The molecule has 0 bridgehead atoms. The van der Waals surface area contributed by atoms with Crippen molar-refractivity contribution in [3.05, 3.63) is 135 Å². The molecule has 10 heterocycles. The highest BCUT2D eigenvalue weighted by molar-refractivity contribution is 14.1. The van der Waals surface area contributed by atoms with Crippen LogP contribution in [0.1, 0.15) is 103 Å². The van der Waals surface area contributed by atoms with Crippen LogP contribution in [0.4, 0.5) is 29.0 Å². The van der Waals surface area contributed by atoms with E-state index >= 15 is 0 Å². The first kappa shape index (κ1) is 86.5. The van der Waals surface area contributed by atoms with Crippen LogP contribution in [0, 0.1) is 88.7 Å². The number of carbonyl (C=O) groups is 4. The predicted molar refractivity (Wildman–Crippen MR) is 464 cm³/mol. The van der Waals surface area contributed by atoms with Crippen molar-refractivity contribution in [3.63, 3.8) is 0 Å². The van der Waals surface area contributed by atoms with Gasteiger partial charge in [-0.05, 0) is 107 Å². The highest BCUT2D eigenvalue weighted by Gasteiger charge is 2.79. The fourth-order valence-corrected chi connectivity index (χ4v) is 22.1. The summed E-state index contributed by atoms with van der Waals surface area (Å²) in [5.74, 6) is 1.33. The average molecular weight is 1880 g/mol. The third kappa shape index (κ3) is 13.8. The van der Waals surface area contributed by atoms with E-state index in [-0.39, 0.29) is 71.1 Å². The Morgan fingerprint density at radius 2 is 0.843 bits per heavy atom. The lowest BCUT2D eigenvalue weighted by Crippen LogP contribution is -2.41. The third-order valence-corrected chi connectivity index (χ3v) is 28.5. The maximum absolute atomic E-state index is 12.4. The lowest BCUT2D eigenvalue weighted by atomic mass is 9.98. The first-order valence-electron chi connectivity index (χ1n) is 41.8. The van der Waals surface area contributed by atoms with Gasteiger partial charge in [-0.2, -0.15) is 9.97 Å². The molecule has 3 unspecified atom stereocenters. The van der Waals surface area contributed by atoms with Crippen LogP contribution in [0.2, 0.25) is 5.28 Å². The average Bonchev–Trinajstić information content (AvgIpc) is 1.55. The Bertz CT molecular complexity index is 6190. The zero-order chi connectivity index (χ0) is 90.0. The summed E-state index contributed by atoms with van der Waals surface area (Å²) in [6.45, 7) is 10.6. The summed E-state index contributed by atoms with van der Waals surface area (Å²) in [4.78, 5) is 110. The molecule has 127 heavy (non-hydrogen) atoms. The molecule has 12 aromatic rings. The summed E-state index contributed by atoms with van der Waals surface area (Å²) in [5, 5.41) is 119. The van der Waals surface area contributed by atoms with Crippen LogP contribution in [0.3, 0.4) is 0 Å². The van der Waals surface area contributed by atoms with Crippen molar-refractivity contribution < 1.29 is 75.0 Å². The van der Waals surface area contributed by atoms with E-state index in [1.807, 2.05) is 41.8 Å². The normalized spacial score (nSPS) is 32.5. The molecular weight excluding hydrogens is 1780 g/mol. The molecule has 0 aliphatic heterocycles. The van der Waals surface area contributed by atoms with Crippen molar-refractivity contribution in [2.45, 2.75) is 171 Å². The minimum Gasteiger partial charge on any atom is -0.465 e. The number of fused-ring (bicyclic) bond motifs is 10. The number of nitrogens with one attached hydrogen (secondary N) is 5. The van der Waals surface area contributed by atoms with Crippen LogP contribution < -0.4 is 43.8 Å². The number of esters is 1. The fourth-order valence-electron chi connectivity index (χ4n) is 21.4. The molecule has 10 saturated carbocycles. The number of aliphatic hydroxyl groups excluding tert-OH is 10. The molecular formula is C83H97ClIN27O15. The predicted octanol–water partition coefficient (Wildman–Crippen LogP) is 1.04. The van der Waals surface area contributed by atoms with Gasteiger partial charge >= 0.3 is 5.97 Å². The van der Waals surface area contributed by atoms with Crippen molar-refractivity contribution in [1.82, 2.24) is 109 Å². The zero-order valence-electron chi connectivity index (χ0n) is 69.9. The smallest absolute Gasteiger partial charge is 0.315 e. The van der Waals surface area contributed by atoms with Crippen molar-refractivity contribution in [2.24, 2.45) is 57.2 Å². The quantitative estimate of drug-likeness (QED) is 0.0365. The van der Waals surface area contributed by atoms with Gasteiger partial charge in [-0.3, -0.25) is 19.2 Å². The van der Waals surface area contributed by atoms with E-state index in [0.717, 1.165) is 23.1 Å². The number of nitrogens with zero attached hydrogens (tertiary/aromatic N) is 19.